The molecule has 8 heteroatoms. The van der Waals surface area contributed by atoms with Gasteiger partial charge in [-0.15, -0.1) is 16.4 Å². The molecule has 1 aromatic carbocycles. The molecule has 2 N–H and O–H groups in total. The Morgan fingerprint density at radius 2 is 2.00 bits per heavy atom. The number of nitrogens with zero attached hydrogens (tertiary/aromatic N) is 3. The summed E-state index contributed by atoms with van der Waals surface area (Å²) in [6, 6.07) is 12.2. The molecule has 3 heterocycles. The van der Waals surface area contributed by atoms with Crippen LogP contribution in [0, 0.1) is 0 Å². The fourth-order valence-corrected chi connectivity index (χ4v) is 3.91. The molecule has 3 aromatic heterocycles. The molecule has 6 nitrogen and oxygen atoms in total. The monoisotopic (exact) mass is 327 g/mol. The minimum absolute atomic E-state index is 0.330. The summed E-state index contributed by atoms with van der Waals surface area (Å²) in [4.78, 5) is 24.4. The molecule has 22 heavy (non-hydrogen) atoms. The third kappa shape index (κ3) is 2.42. The number of thiophene rings is 1. The second-order valence-electron chi connectivity index (χ2n) is 4.46. The summed E-state index contributed by atoms with van der Waals surface area (Å²) in [5, 5.41) is 8.45. The third-order valence-corrected chi connectivity index (χ3v) is 5.02. The van der Waals surface area contributed by atoms with Crippen molar-refractivity contribution in [3.63, 3.8) is 0 Å². The highest BCUT2D eigenvalue weighted by atomic mass is 32.2. The lowest BCUT2D eigenvalue weighted by Gasteiger charge is -1.97. The molecule has 4 rings (SSSR count). The van der Waals surface area contributed by atoms with Gasteiger partial charge in [0.15, 0.2) is 5.16 Å². The average Bonchev–Trinajstić information content (AvgIpc) is 3.15. The number of H-pyrrole nitrogens is 2. The largest absolute Gasteiger partial charge is 0.341 e. The standard InChI is InChI=1S/C14H9N5OS2/c20-13-17-14(19-18-13)22-12-9-6-10(8-4-2-1-3-5-8)21-11(9)15-7-16-12/h1-7H,(H2,17,18,19,20). The van der Waals surface area contributed by atoms with Crippen molar-refractivity contribution in [3.05, 3.63) is 53.2 Å². The van der Waals surface area contributed by atoms with Gasteiger partial charge in [-0.1, -0.05) is 30.3 Å². The van der Waals surface area contributed by atoms with E-state index >= 15 is 0 Å². The second kappa shape index (κ2) is 5.39. The van der Waals surface area contributed by atoms with Crippen LogP contribution in [-0.2, 0) is 0 Å². The molecule has 0 saturated carbocycles. The predicted octanol–water partition coefficient (Wildman–Crippen LogP) is 2.92. The molecule has 0 atom stereocenters. The van der Waals surface area contributed by atoms with E-state index in [-0.39, 0.29) is 5.69 Å². The maximum absolute atomic E-state index is 11.1. The van der Waals surface area contributed by atoms with Crippen LogP contribution in [0.2, 0.25) is 0 Å². The molecule has 0 aliphatic heterocycles. The van der Waals surface area contributed by atoms with E-state index in [1.165, 1.54) is 18.1 Å². The smallest absolute Gasteiger partial charge is 0.284 e. The Hall–Kier alpha value is -2.45. The van der Waals surface area contributed by atoms with Crippen molar-refractivity contribution in [1.82, 2.24) is 25.1 Å². The highest BCUT2D eigenvalue weighted by Gasteiger charge is 2.12. The van der Waals surface area contributed by atoms with Crippen molar-refractivity contribution < 1.29 is 0 Å². The lowest BCUT2D eigenvalue weighted by atomic mass is 10.2. The van der Waals surface area contributed by atoms with Gasteiger partial charge in [0.2, 0.25) is 0 Å². The van der Waals surface area contributed by atoms with E-state index in [1.807, 2.05) is 18.2 Å². The van der Waals surface area contributed by atoms with Gasteiger partial charge < -0.3 is 0 Å². The van der Waals surface area contributed by atoms with Crippen LogP contribution in [0.15, 0.2) is 57.7 Å². The number of aromatic amines is 2. The van der Waals surface area contributed by atoms with Gasteiger partial charge in [0.1, 0.15) is 16.2 Å². The Balaban J connectivity index is 1.79. The Morgan fingerprint density at radius 1 is 1.14 bits per heavy atom. The van der Waals surface area contributed by atoms with Crippen LogP contribution in [0.4, 0.5) is 0 Å². The van der Waals surface area contributed by atoms with Gasteiger partial charge in [-0.05, 0) is 23.4 Å². The molecule has 0 radical (unpaired) electrons. The molecule has 4 aromatic rings. The summed E-state index contributed by atoms with van der Waals surface area (Å²) in [6.07, 6.45) is 1.53. The lowest BCUT2D eigenvalue weighted by Crippen LogP contribution is -2.00. The summed E-state index contributed by atoms with van der Waals surface area (Å²) in [6.45, 7) is 0. The van der Waals surface area contributed by atoms with Gasteiger partial charge in [-0.2, -0.15) is 0 Å². The molecular weight excluding hydrogens is 318 g/mol. The molecule has 0 amide bonds. The van der Waals surface area contributed by atoms with Crippen molar-refractivity contribution in [2.45, 2.75) is 10.2 Å². The van der Waals surface area contributed by atoms with E-state index in [1.54, 1.807) is 11.3 Å². The van der Waals surface area contributed by atoms with Crippen LogP contribution in [0.1, 0.15) is 0 Å². The number of hydrogen-bond donors (Lipinski definition) is 2. The molecule has 0 unspecified atom stereocenters. The van der Waals surface area contributed by atoms with E-state index in [0.717, 1.165) is 25.7 Å². The summed E-state index contributed by atoms with van der Waals surface area (Å²) in [7, 11) is 0. The molecular formula is C14H9N5OS2. The topological polar surface area (TPSA) is 87.3 Å². The second-order valence-corrected chi connectivity index (χ2v) is 6.47. The van der Waals surface area contributed by atoms with Crippen molar-refractivity contribution in [3.8, 4) is 10.4 Å². The number of benzene rings is 1. The number of rotatable bonds is 3. The highest BCUT2D eigenvalue weighted by molar-refractivity contribution is 7.99. The fourth-order valence-electron chi connectivity index (χ4n) is 2.05. The van der Waals surface area contributed by atoms with Gasteiger partial charge >= 0.3 is 5.69 Å². The molecule has 0 aliphatic rings. The predicted molar refractivity (Wildman–Crippen MR) is 86.2 cm³/mol. The molecule has 0 bridgehead atoms. The average molecular weight is 327 g/mol. The van der Waals surface area contributed by atoms with E-state index in [9.17, 15) is 4.79 Å². The zero-order valence-electron chi connectivity index (χ0n) is 11.1. The van der Waals surface area contributed by atoms with Crippen molar-refractivity contribution in [2.75, 3.05) is 0 Å². The first-order valence-corrected chi connectivity index (χ1v) is 8.05. The molecule has 0 aliphatic carbocycles. The summed E-state index contributed by atoms with van der Waals surface area (Å²) >= 11 is 2.92. The first-order chi connectivity index (χ1) is 10.8. The maximum atomic E-state index is 11.1. The van der Waals surface area contributed by atoms with Gasteiger partial charge in [0.05, 0.1) is 0 Å². The van der Waals surface area contributed by atoms with Crippen LogP contribution in [0.3, 0.4) is 0 Å². The quantitative estimate of drug-likeness (QED) is 0.565. The zero-order chi connectivity index (χ0) is 14.9. The van der Waals surface area contributed by atoms with Crippen LogP contribution in [0.25, 0.3) is 20.7 Å². The molecule has 0 spiro atoms. The van der Waals surface area contributed by atoms with Crippen LogP contribution in [0.5, 0.6) is 0 Å². The Labute approximate surface area is 132 Å². The Bertz CT molecular complexity index is 989. The SMILES string of the molecule is O=c1[nH]nc(Sc2ncnc3sc(-c4ccccc4)cc23)[nH]1. The highest BCUT2D eigenvalue weighted by Crippen LogP contribution is 2.37. The first-order valence-electron chi connectivity index (χ1n) is 6.42. The van der Waals surface area contributed by atoms with Crippen molar-refractivity contribution >= 4 is 33.3 Å². The Kier molecular flexibility index (Phi) is 3.24. The molecule has 0 saturated heterocycles. The number of aromatic nitrogens is 5. The normalized spacial score (nSPS) is 11.1. The van der Waals surface area contributed by atoms with E-state index in [2.05, 4.69) is 43.3 Å². The summed E-state index contributed by atoms with van der Waals surface area (Å²) in [5.41, 5.74) is 0.817. The van der Waals surface area contributed by atoms with Crippen molar-refractivity contribution in [1.29, 1.82) is 0 Å². The number of nitrogens with one attached hydrogen (secondary N) is 2. The minimum Gasteiger partial charge on any atom is -0.284 e. The summed E-state index contributed by atoms with van der Waals surface area (Å²) in [5.74, 6) is 0. The van der Waals surface area contributed by atoms with Crippen LogP contribution in [-0.4, -0.2) is 25.1 Å². The number of hydrogen-bond acceptors (Lipinski definition) is 6. The maximum Gasteiger partial charge on any atom is 0.341 e. The van der Waals surface area contributed by atoms with Crippen LogP contribution < -0.4 is 5.69 Å². The van der Waals surface area contributed by atoms with Gasteiger partial charge in [-0.3, -0.25) is 4.98 Å². The zero-order valence-corrected chi connectivity index (χ0v) is 12.7. The van der Waals surface area contributed by atoms with Crippen molar-refractivity contribution in [2.24, 2.45) is 0 Å². The van der Waals surface area contributed by atoms with Gasteiger partial charge in [0.25, 0.3) is 0 Å². The molecule has 108 valence electrons. The number of fused-ring (bicyclic) bond motifs is 1. The van der Waals surface area contributed by atoms with Crippen LogP contribution >= 0.6 is 23.1 Å². The molecule has 0 fully saturated rings. The van der Waals surface area contributed by atoms with E-state index in [4.69, 9.17) is 0 Å². The summed E-state index contributed by atoms with van der Waals surface area (Å²) < 4.78 is 0. The van der Waals surface area contributed by atoms with Gasteiger partial charge in [0, 0.05) is 10.3 Å². The van der Waals surface area contributed by atoms with E-state index in [0.29, 0.717) is 5.16 Å². The fraction of sp³-hybridized carbons (Fsp3) is 0. The van der Waals surface area contributed by atoms with Gasteiger partial charge in [-0.25, -0.2) is 19.9 Å². The Morgan fingerprint density at radius 3 is 2.77 bits per heavy atom. The van der Waals surface area contributed by atoms with E-state index < -0.39 is 0 Å². The first kappa shape index (κ1) is 13.2. The third-order valence-electron chi connectivity index (χ3n) is 3.02. The minimum atomic E-state index is -0.330. The lowest BCUT2D eigenvalue weighted by molar-refractivity contribution is 0.965.